The first-order valence-corrected chi connectivity index (χ1v) is 9.47. The van der Waals surface area contributed by atoms with E-state index in [-0.39, 0.29) is 29.0 Å². The molecule has 0 radical (unpaired) electrons. The first-order valence-electron chi connectivity index (χ1n) is 9.47. The van der Waals surface area contributed by atoms with Crippen molar-refractivity contribution in [2.75, 3.05) is 5.32 Å². The Bertz CT molecular complexity index is 1500. The standard InChI is InChI=1S/C20H21N7O4/c1-12-15(18(29)27(25(12)4)13-8-6-5-7-9-13)22-14(28)10-26-11-21-17-16(26)19(30)24(3)20(31)23(17)2/h5-9,11H,10H2,1-4H3,(H,22,28). The predicted octanol–water partition coefficient (Wildman–Crippen LogP) is -0.130. The Morgan fingerprint density at radius 2 is 1.68 bits per heavy atom. The number of benzene rings is 1. The fourth-order valence-corrected chi connectivity index (χ4v) is 3.56. The second-order valence-corrected chi connectivity index (χ2v) is 7.24. The zero-order chi connectivity index (χ0) is 22.4. The molecule has 1 aromatic carbocycles. The van der Waals surface area contributed by atoms with Crippen LogP contribution in [0.2, 0.25) is 0 Å². The number of carbonyl (C=O) groups excluding carboxylic acids is 1. The third-order valence-electron chi connectivity index (χ3n) is 5.35. The van der Waals surface area contributed by atoms with E-state index in [4.69, 9.17) is 0 Å². The molecule has 0 atom stereocenters. The van der Waals surface area contributed by atoms with Gasteiger partial charge in [0.1, 0.15) is 12.2 Å². The van der Waals surface area contributed by atoms with Crippen LogP contribution in [-0.2, 0) is 32.5 Å². The third-order valence-corrected chi connectivity index (χ3v) is 5.35. The number of rotatable bonds is 4. The minimum atomic E-state index is -0.550. The van der Waals surface area contributed by atoms with E-state index in [1.54, 1.807) is 30.8 Å². The van der Waals surface area contributed by atoms with Crippen LogP contribution in [0.3, 0.4) is 0 Å². The number of nitrogens with zero attached hydrogens (tertiary/aromatic N) is 6. The Morgan fingerprint density at radius 3 is 2.35 bits per heavy atom. The van der Waals surface area contributed by atoms with Gasteiger partial charge < -0.3 is 9.88 Å². The molecule has 3 aromatic heterocycles. The molecule has 0 aliphatic carbocycles. The van der Waals surface area contributed by atoms with Gasteiger partial charge in [-0.05, 0) is 19.1 Å². The van der Waals surface area contributed by atoms with Crippen molar-refractivity contribution in [3.8, 4) is 5.69 Å². The second kappa shape index (κ2) is 7.27. The van der Waals surface area contributed by atoms with Gasteiger partial charge in [0.05, 0.1) is 17.7 Å². The molecule has 1 amide bonds. The Morgan fingerprint density at radius 1 is 1.00 bits per heavy atom. The Kier molecular flexibility index (Phi) is 4.72. The van der Waals surface area contributed by atoms with E-state index in [9.17, 15) is 19.2 Å². The molecule has 0 saturated heterocycles. The van der Waals surface area contributed by atoms with E-state index >= 15 is 0 Å². The van der Waals surface area contributed by atoms with Crippen molar-refractivity contribution in [2.45, 2.75) is 13.5 Å². The number of aromatic nitrogens is 6. The summed E-state index contributed by atoms with van der Waals surface area (Å²) in [5.74, 6) is -0.499. The molecular weight excluding hydrogens is 402 g/mol. The van der Waals surface area contributed by atoms with Crippen LogP contribution in [0, 0.1) is 6.92 Å². The van der Waals surface area contributed by atoms with Crippen LogP contribution >= 0.6 is 0 Å². The van der Waals surface area contributed by atoms with Gasteiger partial charge in [-0.15, -0.1) is 0 Å². The lowest BCUT2D eigenvalue weighted by Gasteiger charge is -2.07. The number of aryl methyl sites for hydroxylation is 1. The molecule has 0 bridgehead atoms. The summed E-state index contributed by atoms with van der Waals surface area (Å²) in [6.45, 7) is 1.48. The van der Waals surface area contributed by atoms with Gasteiger partial charge in [0.15, 0.2) is 11.2 Å². The lowest BCUT2D eigenvalue weighted by molar-refractivity contribution is -0.116. The molecule has 0 unspecified atom stereocenters. The van der Waals surface area contributed by atoms with E-state index in [2.05, 4.69) is 10.3 Å². The monoisotopic (exact) mass is 423 g/mol. The first kappa shape index (κ1) is 20.1. The van der Waals surface area contributed by atoms with Crippen LogP contribution < -0.4 is 22.1 Å². The van der Waals surface area contributed by atoms with Gasteiger partial charge in [-0.1, -0.05) is 18.2 Å². The maximum Gasteiger partial charge on any atom is 0.332 e. The van der Waals surface area contributed by atoms with Crippen LogP contribution in [0.5, 0.6) is 0 Å². The lowest BCUT2D eigenvalue weighted by atomic mass is 10.3. The summed E-state index contributed by atoms with van der Waals surface area (Å²) in [7, 11) is 4.59. The summed E-state index contributed by atoms with van der Waals surface area (Å²) in [6, 6.07) is 9.08. The molecule has 0 fully saturated rings. The van der Waals surface area contributed by atoms with Crippen LogP contribution in [0.25, 0.3) is 16.9 Å². The van der Waals surface area contributed by atoms with E-state index < -0.39 is 17.2 Å². The van der Waals surface area contributed by atoms with Gasteiger partial charge >= 0.3 is 5.69 Å². The normalized spacial score (nSPS) is 11.2. The van der Waals surface area contributed by atoms with E-state index in [0.717, 1.165) is 4.57 Å². The number of carbonyl (C=O) groups is 1. The molecule has 11 heteroatoms. The highest BCUT2D eigenvalue weighted by atomic mass is 16.2. The number of imidazole rings is 1. The van der Waals surface area contributed by atoms with Gasteiger partial charge in [-0.3, -0.25) is 28.2 Å². The molecule has 4 rings (SSSR count). The van der Waals surface area contributed by atoms with Crippen LogP contribution in [0.4, 0.5) is 5.69 Å². The van der Waals surface area contributed by atoms with Crippen molar-refractivity contribution in [3.63, 3.8) is 0 Å². The highest BCUT2D eigenvalue weighted by Gasteiger charge is 2.20. The average Bonchev–Trinajstić information content (AvgIpc) is 3.26. The van der Waals surface area contributed by atoms with Crippen molar-refractivity contribution >= 4 is 22.8 Å². The van der Waals surface area contributed by atoms with E-state index in [1.165, 1.54) is 34.2 Å². The number of fused-ring (bicyclic) bond motifs is 1. The molecule has 31 heavy (non-hydrogen) atoms. The van der Waals surface area contributed by atoms with Crippen LogP contribution in [0.15, 0.2) is 51.0 Å². The Labute approximate surface area is 175 Å². The summed E-state index contributed by atoms with van der Waals surface area (Å²) in [5.41, 5.74) is 0.294. The molecule has 1 N–H and O–H groups in total. The maximum absolute atomic E-state index is 13.0. The minimum absolute atomic E-state index is 0.131. The molecule has 0 aliphatic rings. The summed E-state index contributed by atoms with van der Waals surface area (Å²) in [4.78, 5) is 54.4. The number of hydrogen-bond donors (Lipinski definition) is 1. The van der Waals surface area contributed by atoms with Crippen LogP contribution in [0.1, 0.15) is 5.69 Å². The van der Waals surface area contributed by atoms with Gasteiger partial charge in [0.2, 0.25) is 5.91 Å². The van der Waals surface area contributed by atoms with Crippen molar-refractivity contribution in [2.24, 2.45) is 21.1 Å². The number of anilines is 1. The van der Waals surface area contributed by atoms with Crippen molar-refractivity contribution in [3.05, 3.63) is 73.5 Å². The fraction of sp³-hybridized carbons (Fsp3) is 0.250. The van der Waals surface area contributed by atoms with Crippen LogP contribution in [-0.4, -0.2) is 34.0 Å². The molecule has 4 aromatic rings. The third kappa shape index (κ3) is 3.10. The molecule has 11 nitrogen and oxygen atoms in total. The Balaban J connectivity index is 1.69. The zero-order valence-electron chi connectivity index (χ0n) is 17.5. The summed E-state index contributed by atoms with van der Waals surface area (Å²) in [5, 5.41) is 2.65. The second-order valence-electron chi connectivity index (χ2n) is 7.24. The van der Waals surface area contributed by atoms with Crippen molar-refractivity contribution in [1.82, 2.24) is 28.0 Å². The van der Waals surface area contributed by atoms with Crippen molar-refractivity contribution in [1.29, 1.82) is 0 Å². The van der Waals surface area contributed by atoms with Gasteiger partial charge in [0.25, 0.3) is 11.1 Å². The summed E-state index contributed by atoms with van der Waals surface area (Å²) in [6.07, 6.45) is 1.32. The molecule has 0 spiro atoms. The molecular formula is C20H21N7O4. The number of hydrogen-bond acceptors (Lipinski definition) is 5. The molecule has 0 saturated carbocycles. The smallest absolute Gasteiger partial charge is 0.318 e. The Hall–Kier alpha value is -4.15. The highest BCUT2D eigenvalue weighted by molar-refractivity contribution is 5.91. The molecule has 0 aliphatic heterocycles. The fourth-order valence-electron chi connectivity index (χ4n) is 3.56. The van der Waals surface area contributed by atoms with Gasteiger partial charge in [0, 0.05) is 21.1 Å². The summed E-state index contributed by atoms with van der Waals surface area (Å²) < 4.78 is 6.68. The van der Waals surface area contributed by atoms with Gasteiger partial charge in [-0.25, -0.2) is 14.5 Å². The predicted molar refractivity (Wildman–Crippen MR) is 115 cm³/mol. The molecule has 3 heterocycles. The maximum atomic E-state index is 13.0. The highest BCUT2D eigenvalue weighted by Crippen LogP contribution is 2.14. The zero-order valence-corrected chi connectivity index (χ0v) is 17.5. The SMILES string of the molecule is Cc1c(NC(=O)Cn2cnc3c2c(=O)n(C)c(=O)n3C)c(=O)n(-c2ccccc2)n1C. The topological polar surface area (TPSA) is 118 Å². The van der Waals surface area contributed by atoms with Gasteiger partial charge in [-0.2, -0.15) is 0 Å². The number of para-hydroxylation sites is 1. The lowest BCUT2D eigenvalue weighted by Crippen LogP contribution is -2.38. The van der Waals surface area contributed by atoms with Crippen molar-refractivity contribution < 1.29 is 4.79 Å². The minimum Gasteiger partial charge on any atom is -0.318 e. The quantitative estimate of drug-likeness (QED) is 0.491. The van der Waals surface area contributed by atoms with E-state index in [0.29, 0.717) is 11.4 Å². The first-order chi connectivity index (χ1) is 14.7. The largest absolute Gasteiger partial charge is 0.332 e. The molecule has 160 valence electrons. The summed E-state index contributed by atoms with van der Waals surface area (Å²) >= 11 is 0. The average molecular weight is 423 g/mol. The number of amides is 1. The van der Waals surface area contributed by atoms with E-state index in [1.807, 2.05) is 18.2 Å². The number of nitrogens with one attached hydrogen (secondary N) is 1.